The van der Waals surface area contributed by atoms with Gasteiger partial charge in [0.2, 0.25) is 0 Å². The van der Waals surface area contributed by atoms with Crippen molar-refractivity contribution in [2.45, 2.75) is 6.54 Å². The highest BCUT2D eigenvalue weighted by Gasteiger charge is 2.19. The summed E-state index contributed by atoms with van der Waals surface area (Å²) in [4.78, 5) is 23.2. The average Bonchev–Trinajstić information content (AvgIpc) is 2.87. The van der Waals surface area contributed by atoms with Gasteiger partial charge in [-0.1, -0.05) is 42.5 Å². The molecule has 0 aliphatic carbocycles. The molecule has 0 saturated carbocycles. The second-order valence-electron chi connectivity index (χ2n) is 4.92. The van der Waals surface area contributed by atoms with Gasteiger partial charge in [-0.15, -0.1) is 0 Å². The molecule has 3 aromatic rings. The summed E-state index contributed by atoms with van der Waals surface area (Å²) in [5.41, 5.74) is 1.90. The highest BCUT2D eigenvalue weighted by molar-refractivity contribution is 6.67. The summed E-state index contributed by atoms with van der Waals surface area (Å²) in [5.74, 6) is -1.04. The Bertz CT molecular complexity index is 868. The van der Waals surface area contributed by atoms with Crippen LogP contribution in [0.15, 0.2) is 54.6 Å². The van der Waals surface area contributed by atoms with Crippen LogP contribution in [0.5, 0.6) is 0 Å². The smallest absolute Gasteiger partial charge is 0.337 e. The van der Waals surface area contributed by atoms with Gasteiger partial charge in [-0.2, -0.15) is 0 Å². The molecular formula is C17H12ClNO3. The summed E-state index contributed by atoms with van der Waals surface area (Å²) in [6, 6.07) is 16.1. The first-order valence-electron chi connectivity index (χ1n) is 6.67. The molecule has 110 valence electrons. The third kappa shape index (κ3) is 2.49. The standard InChI is InChI=1S/C17H12ClNO3/c18-16(20)14-9-12-7-4-8-13(17(21)22)15(12)19(14)10-11-5-2-1-3-6-11/h1-9H,10H2,(H,21,22). The number of nitrogens with zero attached hydrogens (tertiary/aromatic N) is 1. The number of para-hydroxylation sites is 1. The third-order valence-corrected chi connectivity index (χ3v) is 3.73. The Morgan fingerprint density at radius 1 is 1.05 bits per heavy atom. The van der Waals surface area contributed by atoms with Crippen LogP contribution in [0.3, 0.4) is 0 Å². The topological polar surface area (TPSA) is 59.3 Å². The number of rotatable bonds is 4. The van der Waals surface area contributed by atoms with Crippen molar-refractivity contribution in [1.29, 1.82) is 0 Å². The van der Waals surface area contributed by atoms with Gasteiger partial charge in [0, 0.05) is 11.9 Å². The number of carbonyl (C=O) groups is 2. The number of benzene rings is 2. The van der Waals surface area contributed by atoms with E-state index in [2.05, 4.69) is 0 Å². The van der Waals surface area contributed by atoms with Crippen LogP contribution in [-0.2, 0) is 6.54 Å². The van der Waals surface area contributed by atoms with Gasteiger partial charge in [0.25, 0.3) is 5.24 Å². The monoisotopic (exact) mass is 313 g/mol. The van der Waals surface area contributed by atoms with E-state index in [-0.39, 0.29) is 11.3 Å². The number of carbonyl (C=O) groups excluding carboxylic acids is 1. The minimum absolute atomic E-state index is 0.151. The second-order valence-corrected chi connectivity index (χ2v) is 5.27. The zero-order chi connectivity index (χ0) is 15.7. The first-order chi connectivity index (χ1) is 10.6. The van der Waals surface area contributed by atoms with E-state index in [1.165, 1.54) is 6.07 Å². The van der Waals surface area contributed by atoms with Crippen LogP contribution in [0.2, 0.25) is 0 Å². The van der Waals surface area contributed by atoms with Crippen LogP contribution in [0, 0.1) is 0 Å². The van der Waals surface area contributed by atoms with Crippen LogP contribution >= 0.6 is 11.6 Å². The van der Waals surface area contributed by atoms with Crippen molar-refractivity contribution < 1.29 is 14.7 Å². The summed E-state index contributed by atoms with van der Waals surface area (Å²) in [6.45, 7) is 0.377. The number of aromatic carboxylic acids is 1. The maximum absolute atomic E-state index is 11.7. The molecule has 0 bridgehead atoms. The van der Waals surface area contributed by atoms with E-state index in [0.29, 0.717) is 17.4 Å². The molecule has 1 heterocycles. The minimum Gasteiger partial charge on any atom is -0.478 e. The van der Waals surface area contributed by atoms with Crippen LogP contribution in [0.4, 0.5) is 0 Å². The van der Waals surface area contributed by atoms with E-state index in [1.807, 2.05) is 30.3 Å². The fraction of sp³-hybridized carbons (Fsp3) is 0.0588. The number of carboxylic acids is 1. The SMILES string of the molecule is O=C(O)c1cccc2cc(C(=O)Cl)n(Cc3ccccc3)c12. The number of aromatic nitrogens is 1. The summed E-state index contributed by atoms with van der Waals surface area (Å²) in [6.07, 6.45) is 0. The predicted molar refractivity (Wildman–Crippen MR) is 84.6 cm³/mol. The van der Waals surface area contributed by atoms with Crippen molar-refractivity contribution in [2.75, 3.05) is 0 Å². The van der Waals surface area contributed by atoms with Crippen LogP contribution in [-0.4, -0.2) is 20.9 Å². The minimum atomic E-state index is -1.04. The van der Waals surface area contributed by atoms with Crippen molar-refractivity contribution in [1.82, 2.24) is 4.57 Å². The molecule has 1 N–H and O–H groups in total. The summed E-state index contributed by atoms with van der Waals surface area (Å²) in [7, 11) is 0. The molecule has 5 heteroatoms. The Kier molecular flexibility index (Phi) is 3.69. The van der Waals surface area contributed by atoms with Crippen molar-refractivity contribution in [2.24, 2.45) is 0 Å². The lowest BCUT2D eigenvalue weighted by Gasteiger charge is -2.10. The van der Waals surface area contributed by atoms with E-state index < -0.39 is 11.2 Å². The number of halogens is 1. The molecule has 0 fully saturated rings. The first kappa shape index (κ1) is 14.4. The van der Waals surface area contributed by atoms with Crippen LogP contribution < -0.4 is 0 Å². The molecule has 0 aliphatic rings. The lowest BCUT2D eigenvalue weighted by atomic mass is 10.1. The van der Waals surface area contributed by atoms with Gasteiger partial charge in [-0.05, 0) is 29.3 Å². The molecular weight excluding hydrogens is 302 g/mol. The molecule has 0 spiro atoms. The average molecular weight is 314 g/mol. The van der Waals surface area contributed by atoms with E-state index in [1.54, 1.807) is 22.8 Å². The van der Waals surface area contributed by atoms with Gasteiger partial charge in [0.05, 0.1) is 11.1 Å². The fourth-order valence-electron chi connectivity index (χ4n) is 2.59. The third-order valence-electron chi connectivity index (χ3n) is 3.54. The maximum atomic E-state index is 11.7. The molecule has 2 aromatic carbocycles. The Hall–Kier alpha value is -2.59. The molecule has 0 radical (unpaired) electrons. The van der Waals surface area contributed by atoms with Crippen LogP contribution in [0.25, 0.3) is 10.9 Å². The zero-order valence-electron chi connectivity index (χ0n) is 11.5. The highest BCUT2D eigenvalue weighted by atomic mass is 35.5. The molecule has 22 heavy (non-hydrogen) atoms. The second kappa shape index (κ2) is 5.66. The lowest BCUT2D eigenvalue weighted by Crippen LogP contribution is -2.09. The van der Waals surface area contributed by atoms with Gasteiger partial charge in [0.15, 0.2) is 0 Å². The first-order valence-corrected chi connectivity index (χ1v) is 7.05. The van der Waals surface area contributed by atoms with E-state index in [9.17, 15) is 14.7 Å². The molecule has 4 nitrogen and oxygen atoms in total. The fourth-order valence-corrected chi connectivity index (χ4v) is 2.75. The Labute approximate surface area is 131 Å². The number of hydrogen-bond acceptors (Lipinski definition) is 2. The number of carboxylic acid groups (broad SMARTS) is 1. The summed E-state index contributed by atoms with van der Waals surface area (Å²) in [5, 5.41) is 9.46. The van der Waals surface area contributed by atoms with Gasteiger partial charge in [-0.25, -0.2) is 4.79 Å². The van der Waals surface area contributed by atoms with Gasteiger partial charge >= 0.3 is 5.97 Å². The van der Waals surface area contributed by atoms with E-state index in [0.717, 1.165) is 5.56 Å². The van der Waals surface area contributed by atoms with Gasteiger partial charge in [-0.3, -0.25) is 4.79 Å². The Morgan fingerprint density at radius 3 is 2.41 bits per heavy atom. The summed E-state index contributed by atoms with van der Waals surface area (Å²) < 4.78 is 1.66. The Morgan fingerprint density at radius 2 is 1.77 bits per heavy atom. The highest BCUT2D eigenvalue weighted by Crippen LogP contribution is 2.26. The molecule has 1 aromatic heterocycles. The molecule has 0 atom stereocenters. The summed E-state index contributed by atoms with van der Waals surface area (Å²) >= 11 is 5.67. The molecule has 0 amide bonds. The van der Waals surface area contributed by atoms with Crippen molar-refractivity contribution >= 4 is 33.7 Å². The van der Waals surface area contributed by atoms with E-state index in [4.69, 9.17) is 11.6 Å². The largest absolute Gasteiger partial charge is 0.478 e. The van der Waals surface area contributed by atoms with Gasteiger partial charge in [0.1, 0.15) is 5.69 Å². The van der Waals surface area contributed by atoms with Gasteiger partial charge < -0.3 is 9.67 Å². The van der Waals surface area contributed by atoms with Crippen molar-refractivity contribution in [3.63, 3.8) is 0 Å². The normalized spacial score (nSPS) is 10.8. The van der Waals surface area contributed by atoms with Crippen molar-refractivity contribution in [3.8, 4) is 0 Å². The lowest BCUT2D eigenvalue weighted by molar-refractivity contribution is 0.0698. The number of fused-ring (bicyclic) bond motifs is 1. The van der Waals surface area contributed by atoms with Crippen molar-refractivity contribution in [3.05, 3.63) is 71.4 Å². The molecule has 0 saturated heterocycles. The van der Waals surface area contributed by atoms with E-state index >= 15 is 0 Å². The molecule has 0 aliphatic heterocycles. The maximum Gasteiger partial charge on any atom is 0.337 e. The predicted octanol–water partition coefficient (Wildman–Crippen LogP) is 3.77. The number of hydrogen-bond donors (Lipinski definition) is 1. The molecule has 0 unspecified atom stereocenters. The Balaban J connectivity index is 2.27. The molecule has 3 rings (SSSR count). The van der Waals surface area contributed by atoms with Crippen LogP contribution in [0.1, 0.15) is 26.4 Å². The zero-order valence-corrected chi connectivity index (χ0v) is 12.2. The quantitative estimate of drug-likeness (QED) is 0.746.